The van der Waals surface area contributed by atoms with Crippen molar-refractivity contribution in [1.29, 1.82) is 0 Å². The summed E-state index contributed by atoms with van der Waals surface area (Å²) in [7, 11) is 2.03. The Labute approximate surface area is 124 Å². The van der Waals surface area contributed by atoms with E-state index >= 15 is 0 Å². The molecule has 1 unspecified atom stereocenters. The van der Waals surface area contributed by atoms with Crippen LogP contribution in [0.15, 0.2) is 54.1 Å². The van der Waals surface area contributed by atoms with Crippen molar-refractivity contribution in [1.82, 2.24) is 15.0 Å². The van der Waals surface area contributed by atoms with Crippen LogP contribution in [0.1, 0.15) is 24.4 Å². The molecule has 2 heterocycles. The Morgan fingerprint density at radius 3 is 2.29 bits per heavy atom. The number of likely N-dealkylation sites (N-methyl/N-ethyl adjacent to an activating group) is 1. The van der Waals surface area contributed by atoms with Gasteiger partial charge in [0.1, 0.15) is 11.6 Å². The first-order chi connectivity index (χ1) is 10.1. The minimum atomic E-state index is 0.0609. The molecule has 1 aliphatic heterocycles. The molecule has 0 aliphatic carbocycles. The summed E-state index contributed by atoms with van der Waals surface area (Å²) < 4.78 is 0. The van der Waals surface area contributed by atoms with Crippen LogP contribution in [0.4, 0.5) is 5.69 Å². The predicted molar refractivity (Wildman–Crippen MR) is 83.1 cm³/mol. The van der Waals surface area contributed by atoms with Gasteiger partial charge in [0, 0.05) is 25.0 Å². The van der Waals surface area contributed by atoms with Crippen LogP contribution < -0.4 is 10.7 Å². The predicted octanol–water partition coefficient (Wildman–Crippen LogP) is 2.38. The fourth-order valence-corrected chi connectivity index (χ4v) is 2.77. The lowest BCUT2D eigenvalue weighted by molar-refractivity contribution is 0.298. The van der Waals surface area contributed by atoms with Gasteiger partial charge in [0.25, 0.3) is 0 Å². The molecule has 3 rings (SSSR count). The number of hydrazine groups is 1. The molecule has 2 N–H and O–H groups in total. The summed E-state index contributed by atoms with van der Waals surface area (Å²) in [5.74, 6) is 1.53. The van der Waals surface area contributed by atoms with Crippen molar-refractivity contribution in [2.75, 3.05) is 12.1 Å². The van der Waals surface area contributed by atoms with Gasteiger partial charge in [0.2, 0.25) is 0 Å². The highest BCUT2D eigenvalue weighted by Crippen LogP contribution is 2.38. The number of hydrogen-bond donors (Lipinski definition) is 1. The number of nitrogens with two attached hydrogens (primary N) is 1. The van der Waals surface area contributed by atoms with E-state index in [9.17, 15) is 0 Å². The summed E-state index contributed by atoms with van der Waals surface area (Å²) in [4.78, 5) is 8.59. The first-order valence-corrected chi connectivity index (χ1v) is 6.92. The maximum atomic E-state index is 6.33. The molecule has 0 amide bonds. The average molecular weight is 281 g/mol. The van der Waals surface area contributed by atoms with E-state index in [2.05, 4.69) is 21.9 Å². The normalized spacial score (nSPS) is 19.4. The van der Waals surface area contributed by atoms with Crippen LogP contribution in [-0.4, -0.2) is 22.0 Å². The van der Waals surface area contributed by atoms with Crippen molar-refractivity contribution in [3.63, 3.8) is 0 Å². The van der Waals surface area contributed by atoms with Gasteiger partial charge in [0.05, 0.1) is 11.7 Å². The van der Waals surface area contributed by atoms with Crippen molar-refractivity contribution in [2.24, 2.45) is 5.73 Å². The van der Waals surface area contributed by atoms with Gasteiger partial charge in [-0.15, -0.1) is 0 Å². The van der Waals surface area contributed by atoms with E-state index in [4.69, 9.17) is 5.73 Å². The second kappa shape index (κ2) is 5.18. The second-order valence-electron chi connectivity index (χ2n) is 5.26. The lowest BCUT2D eigenvalue weighted by Gasteiger charge is -2.31. The third-order valence-electron chi connectivity index (χ3n) is 3.85. The molecule has 0 saturated heterocycles. The Kier molecular flexibility index (Phi) is 3.35. The summed E-state index contributed by atoms with van der Waals surface area (Å²) in [5.41, 5.74) is 9.52. The van der Waals surface area contributed by atoms with Crippen LogP contribution >= 0.6 is 0 Å². The van der Waals surface area contributed by atoms with Crippen LogP contribution in [-0.2, 0) is 0 Å². The van der Waals surface area contributed by atoms with Crippen molar-refractivity contribution >= 4 is 5.69 Å². The van der Waals surface area contributed by atoms with Gasteiger partial charge < -0.3 is 5.73 Å². The molecule has 0 spiro atoms. The summed E-state index contributed by atoms with van der Waals surface area (Å²) >= 11 is 0. The van der Waals surface area contributed by atoms with Crippen LogP contribution in [0.3, 0.4) is 0 Å². The second-order valence-corrected chi connectivity index (χ2v) is 5.26. The first kappa shape index (κ1) is 13.6. The molecule has 5 heteroatoms. The van der Waals surface area contributed by atoms with Gasteiger partial charge in [-0.05, 0) is 31.6 Å². The van der Waals surface area contributed by atoms with Crippen LogP contribution in [0.2, 0.25) is 0 Å². The molecule has 1 aromatic heterocycles. The van der Waals surface area contributed by atoms with E-state index in [0.717, 1.165) is 28.5 Å². The fourth-order valence-electron chi connectivity index (χ4n) is 2.77. The van der Waals surface area contributed by atoms with E-state index < -0.39 is 0 Å². The summed E-state index contributed by atoms with van der Waals surface area (Å²) in [6, 6.07) is 10.2. The minimum Gasteiger partial charge on any atom is -0.384 e. The zero-order valence-electron chi connectivity index (χ0n) is 12.5. The molecular formula is C16H19N5. The number of hydrogen-bond acceptors (Lipinski definition) is 5. The van der Waals surface area contributed by atoms with Gasteiger partial charge in [-0.1, -0.05) is 18.2 Å². The molecule has 1 aromatic carbocycles. The fraction of sp³-hybridized carbons (Fsp3) is 0.250. The molecule has 0 radical (unpaired) electrons. The van der Waals surface area contributed by atoms with E-state index in [0.29, 0.717) is 0 Å². The van der Waals surface area contributed by atoms with Crippen LogP contribution in [0.25, 0.3) is 0 Å². The van der Waals surface area contributed by atoms with E-state index in [1.165, 1.54) is 0 Å². The number of aryl methyl sites for hydroxylation is 1. The number of nitrogens with zero attached hydrogens (tertiary/aromatic N) is 4. The number of benzene rings is 1. The largest absolute Gasteiger partial charge is 0.384 e. The van der Waals surface area contributed by atoms with Crippen molar-refractivity contribution in [3.05, 3.63) is 65.5 Å². The Hall–Kier alpha value is -2.40. The monoisotopic (exact) mass is 281 g/mol. The highest BCUT2D eigenvalue weighted by Gasteiger charge is 2.35. The summed E-state index contributed by atoms with van der Waals surface area (Å²) in [5, 5.41) is 4.15. The van der Waals surface area contributed by atoms with Crippen molar-refractivity contribution in [3.8, 4) is 0 Å². The van der Waals surface area contributed by atoms with Crippen LogP contribution in [0.5, 0.6) is 0 Å². The standard InChI is InChI=1S/C16H19N5/c1-11-15(13-9-18-12(2)19-10-13)20(3)21(16(11)17)14-7-5-4-6-8-14/h4-10,15H,17H2,1-3H3. The van der Waals surface area contributed by atoms with Gasteiger partial charge in [-0.25, -0.2) is 15.0 Å². The average Bonchev–Trinajstić information content (AvgIpc) is 2.72. The molecule has 108 valence electrons. The number of aromatic nitrogens is 2. The maximum Gasteiger partial charge on any atom is 0.125 e. The van der Waals surface area contributed by atoms with E-state index in [1.54, 1.807) is 0 Å². The first-order valence-electron chi connectivity index (χ1n) is 6.92. The zero-order chi connectivity index (χ0) is 15.0. The molecule has 0 bridgehead atoms. The molecule has 1 atom stereocenters. The highest BCUT2D eigenvalue weighted by molar-refractivity contribution is 5.54. The molecule has 5 nitrogen and oxygen atoms in total. The quantitative estimate of drug-likeness (QED) is 0.916. The lowest BCUT2D eigenvalue weighted by atomic mass is 10.0. The summed E-state index contributed by atoms with van der Waals surface area (Å²) in [6.07, 6.45) is 3.74. The van der Waals surface area contributed by atoms with Crippen molar-refractivity contribution < 1.29 is 0 Å². The van der Waals surface area contributed by atoms with Gasteiger partial charge >= 0.3 is 0 Å². The zero-order valence-corrected chi connectivity index (χ0v) is 12.5. The number of rotatable bonds is 2. The topological polar surface area (TPSA) is 58.3 Å². The SMILES string of the molecule is CC1=C(N)N(c2ccccc2)N(C)C1c1cnc(C)nc1. The molecule has 2 aromatic rings. The van der Waals surface area contributed by atoms with Gasteiger partial charge in [-0.2, -0.15) is 0 Å². The third kappa shape index (κ3) is 2.25. The highest BCUT2D eigenvalue weighted by atomic mass is 15.7. The Balaban J connectivity index is 2.00. The van der Waals surface area contributed by atoms with E-state index in [1.807, 2.05) is 61.7 Å². The molecule has 21 heavy (non-hydrogen) atoms. The third-order valence-corrected chi connectivity index (χ3v) is 3.85. The van der Waals surface area contributed by atoms with Gasteiger partial charge in [-0.3, -0.25) is 5.01 Å². The Morgan fingerprint density at radius 2 is 1.67 bits per heavy atom. The molecule has 0 saturated carbocycles. The minimum absolute atomic E-state index is 0.0609. The maximum absolute atomic E-state index is 6.33. The summed E-state index contributed by atoms with van der Waals surface area (Å²) in [6.45, 7) is 3.94. The lowest BCUT2D eigenvalue weighted by Crippen LogP contribution is -2.37. The Bertz CT molecular complexity index is 663. The van der Waals surface area contributed by atoms with Crippen LogP contribution in [0, 0.1) is 6.92 Å². The molecular weight excluding hydrogens is 262 g/mol. The Morgan fingerprint density at radius 1 is 1.05 bits per heavy atom. The number of para-hydroxylation sites is 1. The number of anilines is 1. The molecule has 1 aliphatic rings. The van der Waals surface area contributed by atoms with Gasteiger partial charge in [0.15, 0.2) is 0 Å². The van der Waals surface area contributed by atoms with E-state index in [-0.39, 0.29) is 6.04 Å². The molecule has 0 fully saturated rings. The van der Waals surface area contributed by atoms with Crippen molar-refractivity contribution in [2.45, 2.75) is 19.9 Å². The smallest absolute Gasteiger partial charge is 0.125 e.